The number of anilines is 3. The molecule has 2 aliphatic carbocycles. The van der Waals surface area contributed by atoms with Crippen LogP contribution in [0.4, 0.5) is 16.9 Å². The topological polar surface area (TPSA) is 121 Å². The van der Waals surface area contributed by atoms with Crippen LogP contribution in [0.15, 0.2) is 0 Å². The van der Waals surface area contributed by atoms with Crippen molar-refractivity contribution in [3.63, 3.8) is 0 Å². The number of hydrogen-bond acceptors (Lipinski definition) is 11. The minimum atomic E-state index is -0.448. The van der Waals surface area contributed by atoms with Gasteiger partial charge < -0.3 is 29.9 Å². The molecular weight excluding hydrogens is 538 g/mol. The largest absolute Gasteiger partial charge is 0.463 e. The molecule has 12 heteroatoms. The quantitative estimate of drug-likeness (QED) is 0.494. The van der Waals surface area contributed by atoms with Crippen molar-refractivity contribution in [2.24, 2.45) is 5.41 Å². The Morgan fingerprint density at radius 2 is 1.83 bits per heavy atom. The van der Waals surface area contributed by atoms with Crippen LogP contribution in [-0.4, -0.2) is 91.0 Å². The number of nitrogen functional groups attached to an aromatic ring is 1. The van der Waals surface area contributed by atoms with E-state index in [1.54, 1.807) is 11.3 Å². The number of thiophene rings is 1. The summed E-state index contributed by atoms with van der Waals surface area (Å²) in [6, 6.07) is 2.72. The number of aromatic nitrogens is 3. The molecule has 1 saturated carbocycles. The molecule has 2 aromatic rings. The van der Waals surface area contributed by atoms with Gasteiger partial charge in [0.1, 0.15) is 11.1 Å². The molecule has 1 unspecified atom stereocenters. The van der Waals surface area contributed by atoms with Gasteiger partial charge in [-0.1, -0.05) is 0 Å². The van der Waals surface area contributed by atoms with Gasteiger partial charge in [-0.3, -0.25) is 4.90 Å². The highest BCUT2D eigenvalue weighted by molar-refractivity contribution is 7.16. The van der Waals surface area contributed by atoms with Gasteiger partial charge in [0.2, 0.25) is 17.4 Å². The monoisotopic (exact) mass is 575 g/mol. The van der Waals surface area contributed by atoms with Crippen molar-refractivity contribution < 1.29 is 9.47 Å². The van der Waals surface area contributed by atoms with E-state index in [9.17, 15) is 5.26 Å². The lowest BCUT2D eigenvalue weighted by Crippen LogP contribution is -2.59. The summed E-state index contributed by atoms with van der Waals surface area (Å²) in [6.45, 7) is 17.8. The predicted molar refractivity (Wildman–Crippen MR) is 156 cm³/mol. The number of piperidine rings is 1. The van der Waals surface area contributed by atoms with Crippen LogP contribution in [0.2, 0.25) is 0 Å². The molecule has 0 radical (unpaired) electrons. The maximum Gasteiger partial charge on any atom is 0.323 e. The van der Waals surface area contributed by atoms with Gasteiger partial charge in [-0.05, 0) is 37.7 Å². The van der Waals surface area contributed by atoms with Crippen molar-refractivity contribution in [1.82, 2.24) is 19.9 Å². The summed E-state index contributed by atoms with van der Waals surface area (Å²) in [5.41, 5.74) is 7.61. The van der Waals surface area contributed by atoms with Crippen LogP contribution in [-0.2, 0) is 16.6 Å². The molecule has 2 aromatic heterocycles. The molecule has 7 rings (SSSR count). The predicted octanol–water partition coefficient (Wildman–Crippen LogP) is 2.86. The van der Waals surface area contributed by atoms with Gasteiger partial charge in [-0.25, -0.2) is 6.57 Å². The van der Waals surface area contributed by atoms with Crippen LogP contribution in [0.3, 0.4) is 0 Å². The number of morpholine rings is 1. The first kappa shape index (κ1) is 26.7. The number of aryl methyl sites for hydroxylation is 1. The van der Waals surface area contributed by atoms with Crippen LogP contribution in [0, 0.1) is 23.3 Å². The molecule has 1 atom stereocenters. The van der Waals surface area contributed by atoms with Crippen molar-refractivity contribution in [3.05, 3.63) is 27.4 Å². The Kier molecular flexibility index (Phi) is 6.49. The van der Waals surface area contributed by atoms with Gasteiger partial charge in [0.25, 0.3) is 0 Å². The SMILES string of the molecule is [C-]#[N+]C1(C)CCCN(c2nc(OCC3(CN4CCOCC4)CC3)nc(N3CC4(CCc5sc(N)c(C#N)c54)C3)n2)C1. The molecule has 5 heterocycles. The van der Waals surface area contributed by atoms with E-state index in [1.165, 1.54) is 4.88 Å². The highest BCUT2D eigenvalue weighted by Crippen LogP contribution is 2.52. The highest BCUT2D eigenvalue weighted by Gasteiger charge is 2.52. The molecule has 2 N–H and O–H groups in total. The molecule has 4 fully saturated rings. The molecule has 0 aromatic carbocycles. The van der Waals surface area contributed by atoms with Crippen molar-refractivity contribution in [2.75, 3.05) is 81.2 Å². The minimum absolute atomic E-state index is 0.0770. The van der Waals surface area contributed by atoms with E-state index < -0.39 is 5.54 Å². The first-order valence-electron chi connectivity index (χ1n) is 14.7. The van der Waals surface area contributed by atoms with E-state index in [4.69, 9.17) is 36.7 Å². The van der Waals surface area contributed by atoms with Gasteiger partial charge in [0.05, 0.1) is 31.9 Å². The fraction of sp³-hybridized carbons (Fsp3) is 0.690. The molecule has 11 nitrogen and oxygen atoms in total. The zero-order chi connectivity index (χ0) is 28.2. The summed E-state index contributed by atoms with van der Waals surface area (Å²) in [6.07, 6.45) is 6.07. The zero-order valence-corrected chi connectivity index (χ0v) is 24.5. The Hall–Kier alpha value is -3.19. The Balaban J connectivity index is 1.13. The second kappa shape index (κ2) is 9.97. The number of fused-ring (bicyclic) bond motifs is 2. The standard InChI is InChI=1S/C29H37N9O2S/c1-27(32-2)5-3-9-37(15-27)24-33-25(38-17-29(18-38)6-4-21-22(29)20(14-30)23(31)41-21)35-26(34-24)40-19-28(7-8-28)16-36-10-12-39-13-11-36/h3-13,15-19,31H2,1H3. The fourth-order valence-corrected chi connectivity index (χ4v) is 8.25. The normalized spacial score (nSPS) is 26.2. The lowest BCUT2D eigenvalue weighted by atomic mass is 9.74. The van der Waals surface area contributed by atoms with E-state index >= 15 is 0 Å². The number of nitrogens with two attached hydrogens (primary N) is 1. The molecule has 1 spiro atoms. The summed E-state index contributed by atoms with van der Waals surface area (Å²) >= 11 is 1.56. The molecule has 0 bridgehead atoms. The Morgan fingerprint density at radius 1 is 1.07 bits per heavy atom. The van der Waals surface area contributed by atoms with Crippen LogP contribution in [0.1, 0.15) is 55.0 Å². The van der Waals surface area contributed by atoms with E-state index in [-0.39, 0.29) is 10.8 Å². The first-order valence-corrected chi connectivity index (χ1v) is 15.5. The van der Waals surface area contributed by atoms with Crippen LogP contribution < -0.4 is 20.3 Å². The third-order valence-corrected chi connectivity index (χ3v) is 10.8. The Labute approximate surface area is 245 Å². The van der Waals surface area contributed by atoms with Crippen LogP contribution in [0.25, 0.3) is 4.85 Å². The number of ether oxygens (including phenoxy) is 2. The molecule has 5 aliphatic rings. The smallest absolute Gasteiger partial charge is 0.323 e. The van der Waals surface area contributed by atoms with Crippen LogP contribution >= 0.6 is 11.3 Å². The second-order valence-corrected chi connectivity index (χ2v) is 14.1. The third-order valence-electron chi connectivity index (χ3n) is 9.70. The maximum absolute atomic E-state index is 9.80. The molecule has 41 heavy (non-hydrogen) atoms. The number of nitrogens with zero attached hydrogens (tertiary/aromatic N) is 8. The zero-order valence-electron chi connectivity index (χ0n) is 23.7. The van der Waals surface area contributed by atoms with E-state index in [0.29, 0.717) is 41.6 Å². The summed E-state index contributed by atoms with van der Waals surface area (Å²) in [5.74, 6) is 1.20. The van der Waals surface area contributed by atoms with E-state index in [2.05, 4.69) is 25.6 Å². The molecule has 0 amide bonds. The molecular formula is C29H37N9O2S. The van der Waals surface area contributed by atoms with Gasteiger partial charge in [-0.2, -0.15) is 20.2 Å². The van der Waals surface area contributed by atoms with E-state index in [1.807, 2.05) is 6.92 Å². The third kappa shape index (κ3) is 4.86. The van der Waals surface area contributed by atoms with Gasteiger partial charge >= 0.3 is 6.01 Å². The highest BCUT2D eigenvalue weighted by atomic mass is 32.1. The Bertz CT molecular complexity index is 1410. The molecule has 3 aliphatic heterocycles. The lowest BCUT2D eigenvalue weighted by molar-refractivity contribution is 0.0231. The lowest BCUT2D eigenvalue weighted by Gasteiger charge is -2.48. The van der Waals surface area contributed by atoms with E-state index in [0.717, 1.165) is 96.6 Å². The number of hydrogen-bond donors (Lipinski definition) is 1. The fourth-order valence-electron chi connectivity index (χ4n) is 7.11. The van der Waals surface area contributed by atoms with Crippen molar-refractivity contribution in [3.8, 4) is 12.1 Å². The van der Waals surface area contributed by atoms with Gasteiger partial charge in [0.15, 0.2) is 0 Å². The van der Waals surface area contributed by atoms with Crippen LogP contribution in [0.5, 0.6) is 6.01 Å². The summed E-state index contributed by atoms with van der Waals surface area (Å²) in [5, 5.41) is 10.4. The molecule has 3 saturated heterocycles. The van der Waals surface area contributed by atoms with Crippen molar-refractivity contribution >= 4 is 28.2 Å². The first-order chi connectivity index (χ1) is 19.8. The Morgan fingerprint density at radius 3 is 2.54 bits per heavy atom. The van der Waals surface area contributed by atoms with Gasteiger partial charge in [-0.15, -0.1) is 11.3 Å². The summed E-state index contributed by atoms with van der Waals surface area (Å²) in [7, 11) is 0. The molecule has 216 valence electrons. The number of nitriles is 1. The minimum Gasteiger partial charge on any atom is -0.463 e. The number of rotatable bonds is 7. The van der Waals surface area contributed by atoms with Crippen molar-refractivity contribution in [2.45, 2.75) is 56.4 Å². The summed E-state index contributed by atoms with van der Waals surface area (Å²) < 4.78 is 11.9. The second-order valence-electron chi connectivity index (χ2n) is 12.9. The average molecular weight is 576 g/mol. The maximum atomic E-state index is 9.80. The average Bonchev–Trinajstić information content (AvgIpc) is 3.51. The van der Waals surface area contributed by atoms with Gasteiger partial charge in [0, 0.05) is 68.3 Å². The summed E-state index contributed by atoms with van der Waals surface area (Å²) in [4.78, 5) is 26.5. The van der Waals surface area contributed by atoms with Crippen molar-refractivity contribution in [1.29, 1.82) is 5.26 Å².